The topological polar surface area (TPSA) is 71.3 Å². The van der Waals surface area contributed by atoms with Gasteiger partial charge in [0.25, 0.3) is 5.91 Å². The van der Waals surface area contributed by atoms with Crippen LogP contribution in [0, 0.1) is 25.2 Å². The Balaban J connectivity index is 1.77. The van der Waals surface area contributed by atoms with Gasteiger partial charge in [0.05, 0.1) is 7.11 Å². The highest BCUT2D eigenvalue weighted by molar-refractivity contribution is 9.11. The zero-order valence-electron chi connectivity index (χ0n) is 18.4. The summed E-state index contributed by atoms with van der Waals surface area (Å²) in [6.07, 6.45) is 1.52. The first-order chi connectivity index (χ1) is 15.8. The number of anilines is 1. The third-order valence-electron chi connectivity index (χ3n) is 4.89. The molecule has 0 saturated heterocycles. The second-order valence-electron chi connectivity index (χ2n) is 7.38. The molecule has 0 fully saturated rings. The van der Waals surface area contributed by atoms with Crippen molar-refractivity contribution in [3.8, 4) is 17.6 Å². The summed E-state index contributed by atoms with van der Waals surface area (Å²) in [6, 6.07) is 18.8. The van der Waals surface area contributed by atoms with E-state index in [0.717, 1.165) is 25.6 Å². The maximum atomic E-state index is 12.7. The van der Waals surface area contributed by atoms with Gasteiger partial charge in [0, 0.05) is 20.2 Å². The predicted octanol–water partition coefficient (Wildman–Crippen LogP) is 6.96. The number of benzene rings is 3. The Morgan fingerprint density at radius 1 is 1.06 bits per heavy atom. The number of rotatable bonds is 7. The number of nitrogens with zero attached hydrogens (tertiary/aromatic N) is 1. The van der Waals surface area contributed by atoms with Gasteiger partial charge in [-0.15, -0.1) is 0 Å². The van der Waals surface area contributed by atoms with Gasteiger partial charge in [0.2, 0.25) is 0 Å². The van der Waals surface area contributed by atoms with Crippen LogP contribution >= 0.6 is 31.9 Å². The zero-order valence-corrected chi connectivity index (χ0v) is 21.6. The summed E-state index contributed by atoms with van der Waals surface area (Å²) in [7, 11) is 1.54. The van der Waals surface area contributed by atoms with Crippen molar-refractivity contribution in [1.82, 2.24) is 0 Å². The van der Waals surface area contributed by atoms with Gasteiger partial charge < -0.3 is 14.8 Å². The van der Waals surface area contributed by atoms with Crippen LogP contribution in [-0.4, -0.2) is 13.0 Å². The molecule has 0 aliphatic rings. The molecule has 33 heavy (non-hydrogen) atoms. The Morgan fingerprint density at radius 3 is 2.52 bits per heavy atom. The average Bonchev–Trinajstić information content (AvgIpc) is 2.79. The van der Waals surface area contributed by atoms with E-state index in [0.29, 0.717) is 29.4 Å². The first-order valence-corrected chi connectivity index (χ1v) is 11.6. The number of carbonyl (C=O) groups is 1. The van der Waals surface area contributed by atoms with E-state index >= 15 is 0 Å². The van der Waals surface area contributed by atoms with E-state index in [1.54, 1.807) is 25.3 Å². The molecule has 5 nitrogen and oxygen atoms in total. The summed E-state index contributed by atoms with van der Waals surface area (Å²) in [6.45, 7) is 4.24. The molecule has 1 N–H and O–H groups in total. The van der Waals surface area contributed by atoms with Gasteiger partial charge in [0.1, 0.15) is 18.2 Å². The fourth-order valence-corrected chi connectivity index (χ4v) is 4.31. The van der Waals surface area contributed by atoms with E-state index in [9.17, 15) is 10.1 Å². The number of methoxy groups -OCH3 is 1. The zero-order chi connectivity index (χ0) is 24.0. The highest BCUT2D eigenvalue weighted by atomic mass is 79.9. The molecule has 0 saturated carbocycles. The van der Waals surface area contributed by atoms with Crippen molar-refractivity contribution in [3.05, 3.63) is 91.4 Å². The van der Waals surface area contributed by atoms with E-state index in [4.69, 9.17) is 9.47 Å². The van der Waals surface area contributed by atoms with Gasteiger partial charge in [-0.1, -0.05) is 61.7 Å². The van der Waals surface area contributed by atoms with Gasteiger partial charge in [-0.3, -0.25) is 4.79 Å². The molecule has 7 heteroatoms. The van der Waals surface area contributed by atoms with E-state index in [2.05, 4.69) is 37.2 Å². The fourth-order valence-electron chi connectivity index (χ4n) is 3.15. The number of nitriles is 1. The van der Waals surface area contributed by atoms with Gasteiger partial charge in [-0.05, 0) is 61.4 Å². The summed E-state index contributed by atoms with van der Waals surface area (Å²) < 4.78 is 13.3. The van der Waals surface area contributed by atoms with Crippen LogP contribution in [0.5, 0.6) is 11.5 Å². The van der Waals surface area contributed by atoms with Crippen LogP contribution in [0.3, 0.4) is 0 Å². The molecule has 1 amide bonds. The maximum Gasteiger partial charge on any atom is 0.266 e. The van der Waals surface area contributed by atoms with Crippen LogP contribution in [0.1, 0.15) is 22.3 Å². The summed E-state index contributed by atoms with van der Waals surface area (Å²) in [5.41, 5.74) is 4.33. The molecular weight excluding hydrogens is 548 g/mol. The van der Waals surface area contributed by atoms with Crippen LogP contribution in [0.4, 0.5) is 5.69 Å². The number of aryl methyl sites for hydroxylation is 2. The number of hydrogen-bond acceptors (Lipinski definition) is 4. The van der Waals surface area contributed by atoms with Gasteiger partial charge in [0.15, 0.2) is 11.5 Å². The minimum Gasteiger partial charge on any atom is -0.493 e. The van der Waals surface area contributed by atoms with E-state index in [1.807, 2.05) is 56.3 Å². The Hall–Kier alpha value is -3.08. The van der Waals surface area contributed by atoms with E-state index in [-0.39, 0.29) is 5.57 Å². The minimum atomic E-state index is -0.469. The number of halogens is 2. The Kier molecular flexibility index (Phi) is 8.32. The lowest BCUT2D eigenvalue weighted by atomic mass is 10.1. The SMILES string of the molecule is COc1cc(/C=C(/C#N)C(=O)Nc2ccc(C)cc2C)ccc1OCc1ccc(Br)cc1Br. The molecule has 0 aliphatic carbocycles. The summed E-state index contributed by atoms with van der Waals surface area (Å²) in [5, 5.41) is 12.3. The molecule has 0 heterocycles. The van der Waals surface area contributed by atoms with Crippen molar-refractivity contribution in [2.24, 2.45) is 0 Å². The van der Waals surface area contributed by atoms with Crippen LogP contribution in [0.25, 0.3) is 6.08 Å². The van der Waals surface area contributed by atoms with Crippen LogP contribution < -0.4 is 14.8 Å². The molecule has 0 spiro atoms. The van der Waals surface area contributed by atoms with Crippen LogP contribution in [0.15, 0.2) is 69.1 Å². The second-order valence-corrected chi connectivity index (χ2v) is 9.15. The van der Waals surface area contributed by atoms with Crippen molar-refractivity contribution < 1.29 is 14.3 Å². The molecular formula is C26H22Br2N2O3. The maximum absolute atomic E-state index is 12.7. The molecule has 0 bridgehead atoms. The normalized spacial score (nSPS) is 11.0. The van der Waals surface area contributed by atoms with Gasteiger partial charge >= 0.3 is 0 Å². The fraction of sp³-hybridized carbons (Fsp3) is 0.154. The number of amides is 1. The Labute approximate surface area is 210 Å². The number of ether oxygens (including phenoxy) is 2. The molecule has 3 aromatic rings. The van der Waals surface area contributed by atoms with E-state index < -0.39 is 5.91 Å². The van der Waals surface area contributed by atoms with Crippen molar-refractivity contribution in [2.45, 2.75) is 20.5 Å². The van der Waals surface area contributed by atoms with Gasteiger partial charge in [-0.2, -0.15) is 5.26 Å². The molecule has 0 radical (unpaired) electrons. The van der Waals surface area contributed by atoms with Crippen molar-refractivity contribution in [3.63, 3.8) is 0 Å². The van der Waals surface area contributed by atoms with Crippen molar-refractivity contribution >= 4 is 49.5 Å². The lowest BCUT2D eigenvalue weighted by Crippen LogP contribution is -2.14. The predicted molar refractivity (Wildman–Crippen MR) is 137 cm³/mol. The second kappa shape index (κ2) is 11.2. The molecule has 0 aromatic heterocycles. The monoisotopic (exact) mass is 568 g/mol. The Morgan fingerprint density at radius 2 is 1.85 bits per heavy atom. The third-order valence-corrected chi connectivity index (χ3v) is 6.12. The molecule has 168 valence electrons. The molecule has 0 aliphatic heterocycles. The van der Waals surface area contributed by atoms with Gasteiger partial charge in [-0.25, -0.2) is 0 Å². The highest BCUT2D eigenvalue weighted by Gasteiger charge is 2.13. The standard InChI is InChI=1S/C26H22Br2N2O3/c1-16-4-8-23(17(2)10-16)30-26(31)20(14-29)11-18-5-9-24(25(12-18)32-3)33-15-19-6-7-21(27)13-22(19)28/h4-13H,15H2,1-3H3,(H,30,31)/b20-11-. The minimum absolute atomic E-state index is 0.00973. The molecule has 0 unspecified atom stereocenters. The quantitative estimate of drug-likeness (QED) is 0.246. The smallest absolute Gasteiger partial charge is 0.266 e. The number of nitrogens with one attached hydrogen (secondary N) is 1. The third kappa shape index (κ3) is 6.47. The Bertz CT molecular complexity index is 1260. The average molecular weight is 570 g/mol. The summed E-state index contributed by atoms with van der Waals surface area (Å²) in [4.78, 5) is 12.7. The van der Waals surface area contributed by atoms with E-state index in [1.165, 1.54) is 6.08 Å². The molecule has 3 aromatic carbocycles. The molecule has 0 atom stereocenters. The first-order valence-electron chi connectivity index (χ1n) is 10.1. The number of carbonyl (C=O) groups excluding carboxylic acids is 1. The van der Waals surface area contributed by atoms with Crippen molar-refractivity contribution in [1.29, 1.82) is 5.26 Å². The summed E-state index contributed by atoms with van der Waals surface area (Å²) in [5.74, 6) is 0.593. The first kappa shape index (κ1) is 24.6. The summed E-state index contributed by atoms with van der Waals surface area (Å²) >= 11 is 6.97. The lowest BCUT2D eigenvalue weighted by molar-refractivity contribution is -0.112. The lowest BCUT2D eigenvalue weighted by Gasteiger charge is -2.13. The van der Waals surface area contributed by atoms with Crippen LogP contribution in [-0.2, 0) is 11.4 Å². The molecule has 3 rings (SSSR count). The largest absolute Gasteiger partial charge is 0.493 e. The number of hydrogen-bond donors (Lipinski definition) is 1. The highest BCUT2D eigenvalue weighted by Crippen LogP contribution is 2.31. The van der Waals surface area contributed by atoms with Crippen molar-refractivity contribution in [2.75, 3.05) is 12.4 Å². The van der Waals surface area contributed by atoms with Crippen LogP contribution in [0.2, 0.25) is 0 Å².